The summed E-state index contributed by atoms with van der Waals surface area (Å²) in [4.78, 5) is -0.356. The molecule has 100 valence electrons. The van der Waals surface area contributed by atoms with Gasteiger partial charge in [0.2, 0.25) is 0 Å². The largest absolute Gasteiger partial charge is 0.496 e. The van der Waals surface area contributed by atoms with Crippen LogP contribution < -0.4 is 10.5 Å². The SMILES string of the molecule is COc1cc(S(C)(=O)=O)c(F)cc1C1(N)CCC1. The van der Waals surface area contributed by atoms with Gasteiger partial charge in [-0.25, -0.2) is 12.8 Å². The van der Waals surface area contributed by atoms with E-state index in [2.05, 4.69) is 0 Å². The van der Waals surface area contributed by atoms with Gasteiger partial charge in [-0.2, -0.15) is 0 Å². The Kier molecular flexibility index (Phi) is 3.11. The summed E-state index contributed by atoms with van der Waals surface area (Å²) in [5, 5.41) is 0. The summed E-state index contributed by atoms with van der Waals surface area (Å²) in [5.41, 5.74) is 6.08. The fraction of sp³-hybridized carbons (Fsp3) is 0.500. The number of benzene rings is 1. The van der Waals surface area contributed by atoms with Crippen LogP contribution in [0.2, 0.25) is 0 Å². The molecule has 0 spiro atoms. The number of nitrogens with two attached hydrogens (primary N) is 1. The summed E-state index contributed by atoms with van der Waals surface area (Å²) >= 11 is 0. The Hall–Kier alpha value is -1.14. The van der Waals surface area contributed by atoms with E-state index in [1.54, 1.807) is 0 Å². The van der Waals surface area contributed by atoms with Crippen LogP contribution in [0.5, 0.6) is 5.75 Å². The fourth-order valence-electron chi connectivity index (χ4n) is 2.20. The number of sulfone groups is 1. The first-order valence-corrected chi connectivity index (χ1v) is 7.54. The van der Waals surface area contributed by atoms with Crippen molar-refractivity contribution < 1.29 is 17.5 Å². The Balaban J connectivity index is 2.61. The van der Waals surface area contributed by atoms with Crippen LogP contribution in [0.1, 0.15) is 24.8 Å². The molecule has 2 N–H and O–H groups in total. The zero-order chi connectivity index (χ0) is 13.6. The lowest BCUT2D eigenvalue weighted by molar-refractivity contribution is 0.242. The molecule has 1 aliphatic carbocycles. The zero-order valence-corrected chi connectivity index (χ0v) is 11.2. The molecule has 0 aliphatic heterocycles. The van der Waals surface area contributed by atoms with Crippen LogP contribution in [0.3, 0.4) is 0 Å². The molecule has 4 nitrogen and oxygen atoms in total. The van der Waals surface area contributed by atoms with Gasteiger partial charge in [0.05, 0.1) is 7.11 Å². The van der Waals surface area contributed by atoms with E-state index >= 15 is 0 Å². The highest BCUT2D eigenvalue weighted by Gasteiger charge is 2.38. The van der Waals surface area contributed by atoms with Gasteiger partial charge < -0.3 is 10.5 Å². The molecule has 0 saturated heterocycles. The topological polar surface area (TPSA) is 69.4 Å². The Labute approximate surface area is 106 Å². The highest BCUT2D eigenvalue weighted by Crippen LogP contribution is 2.43. The Morgan fingerprint density at radius 2 is 2.00 bits per heavy atom. The average molecular weight is 273 g/mol. The zero-order valence-electron chi connectivity index (χ0n) is 10.4. The van der Waals surface area contributed by atoms with Gasteiger partial charge in [0.1, 0.15) is 16.5 Å². The van der Waals surface area contributed by atoms with Crippen molar-refractivity contribution >= 4 is 9.84 Å². The van der Waals surface area contributed by atoms with Crippen molar-refractivity contribution in [1.29, 1.82) is 0 Å². The average Bonchev–Trinajstić information content (AvgIpc) is 2.24. The molecular formula is C12H16FNO3S. The Morgan fingerprint density at radius 1 is 1.39 bits per heavy atom. The number of hydrogen-bond donors (Lipinski definition) is 1. The minimum absolute atomic E-state index is 0.332. The predicted molar refractivity (Wildman–Crippen MR) is 65.8 cm³/mol. The molecular weight excluding hydrogens is 257 g/mol. The molecule has 0 bridgehead atoms. The molecule has 0 atom stereocenters. The van der Waals surface area contributed by atoms with E-state index in [1.807, 2.05) is 0 Å². The third-order valence-corrected chi connectivity index (χ3v) is 4.55. The van der Waals surface area contributed by atoms with Crippen molar-refractivity contribution in [2.75, 3.05) is 13.4 Å². The van der Waals surface area contributed by atoms with Gasteiger partial charge >= 0.3 is 0 Å². The predicted octanol–water partition coefficient (Wildman–Crippen LogP) is 1.58. The quantitative estimate of drug-likeness (QED) is 0.907. The highest BCUT2D eigenvalue weighted by molar-refractivity contribution is 7.90. The van der Waals surface area contributed by atoms with Crippen molar-refractivity contribution in [3.05, 3.63) is 23.5 Å². The fourth-order valence-corrected chi connectivity index (χ4v) is 2.94. The summed E-state index contributed by atoms with van der Waals surface area (Å²) in [5.74, 6) is -0.441. The van der Waals surface area contributed by atoms with Gasteiger partial charge in [0, 0.05) is 23.4 Å². The number of ether oxygens (including phenoxy) is 1. The molecule has 0 heterocycles. The van der Waals surface area contributed by atoms with Crippen molar-refractivity contribution in [2.24, 2.45) is 5.73 Å². The lowest BCUT2D eigenvalue weighted by atomic mass is 9.72. The maximum absolute atomic E-state index is 13.9. The molecule has 2 rings (SSSR count). The van der Waals surface area contributed by atoms with Crippen LogP contribution in [0.4, 0.5) is 4.39 Å². The minimum Gasteiger partial charge on any atom is -0.496 e. The van der Waals surface area contributed by atoms with Crippen molar-refractivity contribution in [3.8, 4) is 5.75 Å². The van der Waals surface area contributed by atoms with Crippen molar-refractivity contribution in [2.45, 2.75) is 29.7 Å². The summed E-state index contributed by atoms with van der Waals surface area (Å²) in [7, 11) is -2.19. The molecule has 1 aliphatic rings. The van der Waals surface area contributed by atoms with Gasteiger partial charge in [0.15, 0.2) is 9.84 Å². The molecule has 0 amide bonds. The second kappa shape index (κ2) is 4.20. The normalized spacial score (nSPS) is 18.2. The van der Waals surface area contributed by atoms with Gasteiger partial charge in [-0.05, 0) is 25.3 Å². The number of rotatable bonds is 3. The maximum atomic E-state index is 13.9. The smallest absolute Gasteiger partial charge is 0.178 e. The van der Waals surface area contributed by atoms with Crippen LogP contribution in [-0.2, 0) is 15.4 Å². The van der Waals surface area contributed by atoms with Crippen LogP contribution in [0, 0.1) is 5.82 Å². The Bertz CT molecular complexity index is 579. The highest BCUT2D eigenvalue weighted by atomic mass is 32.2. The summed E-state index contributed by atoms with van der Waals surface area (Å²) < 4.78 is 41.9. The van der Waals surface area contributed by atoms with Gasteiger partial charge in [-0.15, -0.1) is 0 Å². The van der Waals surface area contributed by atoms with Crippen LogP contribution in [-0.4, -0.2) is 21.8 Å². The second-order valence-corrected chi connectivity index (χ2v) is 6.75. The molecule has 1 fully saturated rings. The molecule has 1 aromatic carbocycles. The van der Waals surface area contributed by atoms with E-state index in [-0.39, 0.29) is 4.90 Å². The van der Waals surface area contributed by atoms with Gasteiger partial charge in [0.25, 0.3) is 0 Å². The summed E-state index contributed by atoms with van der Waals surface area (Å²) in [6, 6.07) is 2.40. The summed E-state index contributed by atoms with van der Waals surface area (Å²) in [6.07, 6.45) is 3.45. The third kappa shape index (κ3) is 2.10. The minimum atomic E-state index is -3.61. The first kappa shape index (κ1) is 13.3. The molecule has 0 aromatic heterocycles. The monoisotopic (exact) mass is 273 g/mol. The van der Waals surface area contributed by atoms with Crippen LogP contribution >= 0.6 is 0 Å². The molecule has 0 radical (unpaired) electrons. The molecule has 18 heavy (non-hydrogen) atoms. The van der Waals surface area contributed by atoms with Crippen LogP contribution in [0.25, 0.3) is 0 Å². The number of halogens is 1. The molecule has 6 heteroatoms. The molecule has 1 saturated carbocycles. The Morgan fingerprint density at radius 3 is 2.39 bits per heavy atom. The summed E-state index contributed by atoms with van der Waals surface area (Å²) in [6.45, 7) is 0. The number of methoxy groups -OCH3 is 1. The standard InChI is InChI=1S/C12H16FNO3S/c1-17-10-7-11(18(2,15)16)9(13)6-8(10)12(14)4-3-5-12/h6-7H,3-5,14H2,1-2H3. The third-order valence-electron chi connectivity index (χ3n) is 3.44. The van der Waals surface area contributed by atoms with Crippen LogP contribution in [0.15, 0.2) is 17.0 Å². The second-order valence-electron chi connectivity index (χ2n) is 4.76. The first-order chi connectivity index (χ1) is 8.28. The van der Waals surface area contributed by atoms with Crippen molar-refractivity contribution in [1.82, 2.24) is 0 Å². The lowest BCUT2D eigenvalue weighted by Crippen LogP contribution is -2.43. The van der Waals surface area contributed by atoms with Gasteiger partial charge in [-0.1, -0.05) is 0 Å². The van der Waals surface area contributed by atoms with E-state index < -0.39 is 21.2 Å². The number of hydrogen-bond acceptors (Lipinski definition) is 4. The lowest BCUT2D eigenvalue weighted by Gasteiger charge is -2.39. The van der Waals surface area contributed by atoms with E-state index in [1.165, 1.54) is 19.2 Å². The van der Waals surface area contributed by atoms with Gasteiger partial charge in [-0.3, -0.25) is 0 Å². The van der Waals surface area contributed by atoms with E-state index in [4.69, 9.17) is 10.5 Å². The molecule has 1 aromatic rings. The van der Waals surface area contributed by atoms with Crippen molar-refractivity contribution in [3.63, 3.8) is 0 Å². The first-order valence-electron chi connectivity index (χ1n) is 5.65. The maximum Gasteiger partial charge on any atom is 0.178 e. The molecule has 0 unspecified atom stereocenters. The van der Waals surface area contributed by atoms with E-state index in [0.29, 0.717) is 11.3 Å². The van der Waals surface area contributed by atoms with E-state index in [0.717, 1.165) is 25.5 Å². The van der Waals surface area contributed by atoms with E-state index in [9.17, 15) is 12.8 Å².